The van der Waals surface area contributed by atoms with Gasteiger partial charge in [0, 0.05) is 10.9 Å². The molecule has 0 spiro atoms. The maximum absolute atomic E-state index is 5.93. The molecule has 2 heteroatoms. The fourth-order valence-electron chi connectivity index (χ4n) is 1.23. The van der Waals surface area contributed by atoms with Crippen LogP contribution in [-0.4, -0.2) is 5.88 Å². The molecule has 0 aromatic heterocycles. The minimum Gasteiger partial charge on any atom is -0.126 e. The third-order valence-electron chi connectivity index (χ3n) is 2.02. The average Bonchev–Trinajstić information content (AvgIpc) is 2.18. The molecule has 1 aromatic carbocycles. The quantitative estimate of drug-likeness (QED) is 0.531. The molecular weight excluding hydrogens is 215 g/mol. The van der Waals surface area contributed by atoms with Crippen molar-refractivity contribution in [2.24, 2.45) is 0 Å². The molecule has 0 aliphatic rings. The highest BCUT2D eigenvalue weighted by molar-refractivity contribution is 6.31. The summed E-state index contributed by atoms with van der Waals surface area (Å²) in [5, 5.41) is 0.832. The van der Waals surface area contributed by atoms with Crippen LogP contribution in [0, 0.1) is 6.92 Å². The summed E-state index contributed by atoms with van der Waals surface area (Å²) in [6.45, 7) is 2.02. The highest BCUT2D eigenvalue weighted by Gasteiger charge is 1.95. The Morgan fingerprint density at radius 3 is 2.71 bits per heavy atom. The summed E-state index contributed by atoms with van der Waals surface area (Å²) >= 11 is 11.5. The number of aryl methyl sites for hydroxylation is 1. The molecule has 0 atom stereocenters. The molecule has 76 valence electrons. The number of rotatable bonds is 4. The van der Waals surface area contributed by atoms with Crippen molar-refractivity contribution in [3.05, 3.63) is 46.5 Å². The fraction of sp³-hybridized carbons (Fsp3) is 0.333. The van der Waals surface area contributed by atoms with Crippen molar-refractivity contribution in [2.75, 3.05) is 5.88 Å². The zero-order valence-corrected chi connectivity index (χ0v) is 9.78. The Bertz CT molecular complexity index is 316. The monoisotopic (exact) mass is 228 g/mol. The third-order valence-corrected chi connectivity index (χ3v) is 2.66. The third kappa shape index (κ3) is 3.73. The van der Waals surface area contributed by atoms with Crippen LogP contribution in [0.4, 0.5) is 0 Å². The molecule has 0 saturated heterocycles. The van der Waals surface area contributed by atoms with E-state index >= 15 is 0 Å². The maximum Gasteiger partial charge on any atom is 0.0435 e. The van der Waals surface area contributed by atoms with E-state index in [1.165, 1.54) is 5.56 Å². The van der Waals surface area contributed by atoms with Gasteiger partial charge in [-0.15, -0.1) is 11.6 Å². The van der Waals surface area contributed by atoms with Gasteiger partial charge in [-0.3, -0.25) is 0 Å². The lowest BCUT2D eigenvalue weighted by molar-refractivity contribution is 1.18. The molecule has 0 amide bonds. The second-order valence-electron chi connectivity index (χ2n) is 3.24. The molecule has 14 heavy (non-hydrogen) atoms. The first-order valence-electron chi connectivity index (χ1n) is 4.70. The Morgan fingerprint density at radius 2 is 2.07 bits per heavy atom. The summed E-state index contributed by atoms with van der Waals surface area (Å²) in [5.41, 5.74) is 2.42. The van der Waals surface area contributed by atoms with Gasteiger partial charge in [-0.05, 0) is 37.0 Å². The van der Waals surface area contributed by atoms with Gasteiger partial charge in [0.05, 0.1) is 0 Å². The van der Waals surface area contributed by atoms with E-state index in [-0.39, 0.29) is 0 Å². The molecule has 0 saturated carbocycles. The zero-order chi connectivity index (χ0) is 10.4. The number of hydrogen-bond donors (Lipinski definition) is 0. The maximum atomic E-state index is 5.93. The first kappa shape index (κ1) is 11.6. The minimum absolute atomic E-state index is 0.691. The number of halogens is 2. The molecule has 0 aliphatic carbocycles. The van der Waals surface area contributed by atoms with Gasteiger partial charge in [0.25, 0.3) is 0 Å². The summed E-state index contributed by atoms with van der Waals surface area (Å²) in [6, 6.07) is 6.12. The van der Waals surface area contributed by atoms with Crippen molar-refractivity contribution in [1.82, 2.24) is 0 Å². The lowest BCUT2D eigenvalue weighted by Gasteiger charge is -2.00. The van der Waals surface area contributed by atoms with E-state index in [9.17, 15) is 0 Å². The SMILES string of the molecule is Cc1cc(C/C=C/CCCl)ccc1Cl. The second kappa shape index (κ2) is 6.10. The Morgan fingerprint density at radius 1 is 1.29 bits per heavy atom. The average molecular weight is 229 g/mol. The summed E-state index contributed by atoms with van der Waals surface area (Å²) in [7, 11) is 0. The standard InChI is InChI=1S/C12H14Cl2/c1-10-9-11(6-7-12(10)14)5-3-2-4-8-13/h2-3,6-7,9H,4-5,8H2,1H3/b3-2+. The van der Waals surface area contributed by atoms with Crippen molar-refractivity contribution in [3.8, 4) is 0 Å². The number of allylic oxidation sites excluding steroid dienone is 2. The van der Waals surface area contributed by atoms with Crippen molar-refractivity contribution in [1.29, 1.82) is 0 Å². The van der Waals surface area contributed by atoms with Crippen molar-refractivity contribution >= 4 is 23.2 Å². The largest absolute Gasteiger partial charge is 0.126 e. The predicted octanol–water partition coefficient (Wildman–Crippen LogP) is 4.38. The molecule has 0 heterocycles. The van der Waals surface area contributed by atoms with Gasteiger partial charge in [0.2, 0.25) is 0 Å². The molecule has 0 radical (unpaired) electrons. The zero-order valence-electron chi connectivity index (χ0n) is 8.26. The van der Waals surface area contributed by atoms with E-state index in [0.717, 1.165) is 23.4 Å². The van der Waals surface area contributed by atoms with Crippen molar-refractivity contribution in [2.45, 2.75) is 19.8 Å². The Hall–Kier alpha value is -0.460. The molecule has 0 aliphatic heterocycles. The Kier molecular flexibility index (Phi) is 5.06. The van der Waals surface area contributed by atoms with Gasteiger partial charge in [-0.2, -0.15) is 0 Å². The lowest BCUT2D eigenvalue weighted by atomic mass is 10.1. The van der Waals surface area contributed by atoms with Crippen LogP contribution in [0.1, 0.15) is 17.5 Å². The Labute approximate surface area is 95.5 Å². The highest BCUT2D eigenvalue weighted by atomic mass is 35.5. The van der Waals surface area contributed by atoms with E-state index < -0.39 is 0 Å². The second-order valence-corrected chi connectivity index (χ2v) is 4.02. The van der Waals surface area contributed by atoms with E-state index in [1.807, 2.05) is 13.0 Å². The minimum atomic E-state index is 0.691. The molecule has 0 bridgehead atoms. The topological polar surface area (TPSA) is 0 Å². The van der Waals surface area contributed by atoms with Gasteiger partial charge < -0.3 is 0 Å². The molecule has 0 fully saturated rings. The van der Waals surface area contributed by atoms with Gasteiger partial charge in [-0.25, -0.2) is 0 Å². The predicted molar refractivity (Wildman–Crippen MR) is 64.4 cm³/mol. The summed E-state index contributed by atoms with van der Waals surface area (Å²) in [5.74, 6) is 0.691. The number of benzene rings is 1. The molecule has 0 unspecified atom stereocenters. The Balaban J connectivity index is 2.55. The van der Waals surface area contributed by atoms with Gasteiger partial charge in [-0.1, -0.05) is 35.9 Å². The van der Waals surface area contributed by atoms with Crippen LogP contribution in [0.3, 0.4) is 0 Å². The van der Waals surface area contributed by atoms with Crippen molar-refractivity contribution < 1.29 is 0 Å². The van der Waals surface area contributed by atoms with E-state index in [0.29, 0.717) is 5.88 Å². The molecule has 1 aromatic rings. The first-order chi connectivity index (χ1) is 6.74. The van der Waals surface area contributed by atoms with Gasteiger partial charge in [0.15, 0.2) is 0 Å². The number of alkyl halides is 1. The van der Waals surface area contributed by atoms with Crippen LogP contribution in [0.25, 0.3) is 0 Å². The van der Waals surface area contributed by atoms with E-state index in [1.54, 1.807) is 0 Å². The van der Waals surface area contributed by atoms with E-state index in [4.69, 9.17) is 23.2 Å². The molecule has 1 rings (SSSR count). The van der Waals surface area contributed by atoms with Crippen LogP contribution in [-0.2, 0) is 6.42 Å². The molecule has 0 N–H and O–H groups in total. The normalized spacial score (nSPS) is 11.1. The summed E-state index contributed by atoms with van der Waals surface area (Å²) in [4.78, 5) is 0. The van der Waals surface area contributed by atoms with Crippen LogP contribution < -0.4 is 0 Å². The smallest absolute Gasteiger partial charge is 0.0435 e. The highest BCUT2D eigenvalue weighted by Crippen LogP contribution is 2.16. The fourth-order valence-corrected chi connectivity index (χ4v) is 1.48. The van der Waals surface area contributed by atoms with Crippen molar-refractivity contribution in [3.63, 3.8) is 0 Å². The van der Waals surface area contributed by atoms with Gasteiger partial charge >= 0.3 is 0 Å². The molecular formula is C12H14Cl2. The van der Waals surface area contributed by atoms with Crippen LogP contribution in [0.2, 0.25) is 5.02 Å². The number of hydrogen-bond acceptors (Lipinski definition) is 0. The van der Waals surface area contributed by atoms with Crippen LogP contribution in [0.15, 0.2) is 30.4 Å². The van der Waals surface area contributed by atoms with Crippen LogP contribution >= 0.6 is 23.2 Å². The van der Waals surface area contributed by atoms with Gasteiger partial charge in [0.1, 0.15) is 0 Å². The lowest BCUT2D eigenvalue weighted by Crippen LogP contribution is -1.83. The molecule has 0 nitrogen and oxygen atoms in total. The van der Waals surface area contributed by atoms with E-state index in [2.05, 4.69) is 24.3 Å². The summed E-state index contributed by atoms with van der Waals surface area (Å²) in [6.07, 6.45) is 6.14. The summed E-state index contributed by atoms with van der Waals surface area (Å²) < 4.78 is 0. The van der Waals surface area contributed by atoms with Crippen LogP contribution in [0.5, 0.6) is 0 Å². The first-order valence-corrected chi connectivity index (χ1v) is 5.61.